The zero-order valence-corrected chi connectivity index (χ0v) is 12.2. The average Bonchev–Trinajstić information content (AvgIpc) is 2.97. The van der Waals surface area contributed by atoms with E-state index in [1.807, 2.05) is 13.0 Å². The summed E-state index contributed by atoms with van der Waals surface area (Å²) < 4.78 is 1.64. The van der Waals surface area contributed by atoms with Crippen molar-refractivity contribution in [2.24, 2.45) is 5.73 Å². The Bertz CT molecular complexity index is 678. The molecule has 2 N–H and O–H groups in total. The lowest BCUT2D eigenvalue weighted by atomic mass is 10.2. The Labute approximate surface area is 127 Å². The first-order chi connectivity index (χ1) is 10.5. The molecule has 1 aromatic rings. The van der Waals surface area contributed by atoms with Crippen LogP contribution in [0.15, 0.2) is 24.8 Å². The Morgan fingerprint density at radius 2 is 2.41 bits per heavy atom. The molecular weight excluding hydrogens is 286 g/mol. The molecule has 3 rings (SSSR count). The fourth-order valence-electron chi connectivity index (χ4n) is 2.69. The van der Waals surface area contributed by atoms with Gasteiger partial charge < -0.3 is 10.6 Å². The van der Waals surface area contributed by atoms with Crippen LogP contribution < -0.4 is 5.73 Å². The summed E-state index contributed by atoms with van der Waals surface area (Å²) in [5, 5.41) is 5.55. The maximum absolute atomic E-state index is 12.2. The lowest BCUT2D eigenvalue weighted by Gasteiger charge is -2.22. The van der Waals surface area contributed by atoms with Crippen LogP contribution in [0.5, 0.6) is 0 Å². The molecule has 8 heteroatoms. The van der Waals surface area contributed by atoms with Crippen LogP contribution in [0.3, 0.4) is 0 Å². The van der Waals surface area contributed by atoms with E-state index in [2.05, 4.69) is 11.7 Å². The van der Waals surface area contributed by atoms with E-state index in [0.717, 1.165) is 11.4 Å². The van der Waals surface area contributed by atoms with Gasteiger partial charge in [0.25, 0.3) is 5.91 Å². The van der Waals surface area contributed by atoms with Crippen LogP contribution in [0.1, 0.15) is 16.2 Å². The molecule has 2 aliphatic heterocycles. The average molecular weight is 303 g/mol. The van der Waals surface area contributed by atoms with E-state index in [1.165, 1.54) is 5.06 Å². The van der Waals surface area contributed by atoms with Gasteiger partial charge in [0.15, 0.2) is 5.69 Å². The molecule has 8 nitrogen and oxygen atoms in total. The van der Waals surface area contributed by atoms with Crippen LogP contribution in [0, 0.1) is 6.92 Å². The van der Waals surface area contributed by atoms with E-state index in [4.69, 9.17) is 10.6 Å². The zero-order valence-electron chi connectivity index (χ0n) is 12.2. The molecule has 1 aromatic heterocycles. The van der Waals surface area contributed by atoms with Gasteiger partial charge in [0, 0.05) is 12.2 Å². The van der Waals surface area contributed by atoms with Gasteiger partial charge in [-0.25, -0.2) is 9.48 Å². The largest absolute Gasteiger partial charge is 0.364 e. The van der Waals surface area contributed by atoms with Crippen molar-refractivity contribution in [3.8, 4) is 0 Å². The summed E-state index contributed by atoms with van der Waals surface area (Å²) in [7, 11) is 0. The monoisotopic (exact) mass is 303 g/mol. The highest BCUT2D eigenvalue weighted by Gasteiger charge is 2.41. The Kier molecular flexibility index (Phi) is 3.45. The molecule has 0 saturated carbocycles. The standard InChI is InChI=1S/C14H17N5O3/c1-3-4-22-19-11-6-10(7-17(8-11)14(19)21)18-9(2)5-12(16-18)13(15)20/h3,5-6,11H,1,4,7-8H2,2H3,(H2,15,20). The molecule has 1 unspecified atom stereocenters. The molecule has 2 bridgehead atoms. The van der Waals surface area contributed by atoms with Crippen molar-refractivity contribution in [2.45, 2.75) is 13.0 Å². The molecule has 2 aliphatic rings. The number of nitrogens with two attached hydrogens (primary N) is 1. The normalized spacial score (nSPS) is 20.3. The number of aryl methyl sites for hydroxylation is 1. The van der Waals surface area contributed by atoms with Crippen LogP contribution >= 0.6 is 0 Å². The predicted octanol–water partition coefficient (Wildman–Crippen LogP) is 0.369. The molecule has 0 spiro atoms. The molecule has 1 atom stereocenters. The van der Waals surface area contributed by atoms with Crippen LogP contribution in [0.4, 0.5) is 4.79 Å². The summed E-state index contributed by atoms with van der Waals surface area (Å²) in [6, 6.07) is 1.26. The molecule has 0 aromatic carbocycles. The van der Waals surface area contributed by atoms with Gasteiger partial charge in [-0.2, -0.15) is 10.2 Å². The van der Waals surface area contributed by atoms with Crippen molar-refractivity contribution in [3.63, 3.8) is 0 Å². The molecule has 22 heavy (non-hydrogen) atoms. The molecule has 1 fully saturated rings. The summed E-state index contributed by atoms with van der Waals surface area (Å²) in [4.78, 5) is 30.5. The second-order valence-corrected chi connectivity index (χ2v) is 5.25. The minimum atomic E-state index is -0.575. The summed E-state index contributed by atoms with van der Waals surface area (Å²) in [6.07, 6.45) is 3.52. The zero-order chi connectivity index (χ0) is 15.9. The maximum atomic E-state index is 12.2. The van der Waals surface area contributed by atoms with Crippen LogP contribution in [-0.4, -0.2) is 57.4 Å². The third kappa shape index (κ3) is 2.27. The molecule has 3 heterocycles. The second-order valence-electron chi connectivity index (χ2n) is 5.25. The van der Waals surface area contributed by atoms with Crippen molar-refractivity contribution >= 4 is 17.6 Å². The fourth-order valence-corrected chi connectivity index (χ4v) is 2.69. The maximum Gasteiger partial charge on any atom is 0.345 e. The number of urea groups is 1. The van der Waals surface area contributed by atoms with Gasteiger partial charge >= 0.3 is 6.03 Å². The number of primary amides is 1. The van der Waals surface area contributed by atoms with Gasteiger partial charge in [-0.3, -0.25) is 9.63 Å². The number of nitrogens with zero attached hydrogens (tertiary/aromatic N) is 4. The number of aromatic nitrogens is 2. The van der Waals surface area contributed by atoms with Crippen molar-refractivity contribution in [3.05, 3.63) is 36.2 Å². The summed E-state index contributed by atoms with van der Waals surface area (Å²) >= 11 is 0. The quantitative estimate of drug-likeness (QED) is 0.795. The highest BCUT2D eigenvalue weighted by Crippen LogP contribution is 2.27. The number of hydroxylamine groups is 2. The molecule has 3 amide bonds. The lowest BCUT2D eigenvalue weighted by Crippen LogP contribution is -2.33. The van der Waals surface area contributed by atoms with Crippen LogP contribution in [-0.2, 0) is 4.84 Å². The van der Waals surface area contributed by atoms with Gasteiger partial charge in [-0.15, -0.1) is 6.58 Å². The van der Waals surface area contributed by atoms with Crippen molar-refractivity contribution in [1.29, 1.82) is 0 Å². The highest BCUT2D eigenvalue weighted by atomic mass is 16.7. The first-order valence-corrected chi connectivity index (χ1v) is 6.90. The number of amides is 3. The number of rotatable bonds is 5. The van der Waals surface area contributed by atoms with Crippen LogP contribution in [0.2, 0.25) is 0 Å². The molecule has 116 valence electrons. The lowest BCUT2D eigenvalue weighted by molar-refractivity contribution is -0.107. The smallest absolute Gasteiger partial charge is 0.345 e. The first kappa shape index (κ1) is 14.3. The van der Waals surface area contributed by atoms with Crippen molar-refractivity contribution in [1.82, 2.24) is 19.7 Å². The van der Waals surface area contributed by atoms with Crippen molar-refractivity contribution in [2.75, 3.05) is 19.7 Å². The van der Waals surface area contributed by atoms with Gasteiger partial charge in [0.05, 0.1) is 24.9 Å². The third-order valence-electron chi connectivity index (χ3n) is 3.65. The Hall–Kier alpha value is -2.61. The topological polar surface area (TPSA) is 93.7 Å². The van der Waals surface area contributed by atoms with Gasteiger partial charge in [0.2, 0.25) is 0 Å². The number of carbonyl (C=O) groups is 2. The van der Waals surface area contributed by atoms with Crippen molar-refractivity contribution < 1.29 is 14.4 Å². The Balaban J connectivity index is 1.89. The minimum absolute atomic E-state index is 0.182. The fraction of sp³-hybridized carbons (Fsp3) is 0.357. The Morgan fingerprint density at radius 3 is 3.05 bits per heavy atom. The number of hydrogen-bond acceptors (Lipinski definition) is 4. The van der Waals surface area contributed by atoms with E-state index < -0.39 is 5.91 Å². The number of fused-ring (bicyclic) bond motifs is 2. The van der Waals surface area contributed by atoms with Gasteiger partial charge in [0.1, 0.15) is 0 Å². The van der Waals surface area contributed by atoms with E-state index >= 15 is 0 Å². The predicted molar refractivity (Wildman–Crippen MR) is 78.5 cm³/mol. The van der Waals surface area contributed by atoms with Crippen LogP contribution in [0.25, 0.3) is 5.70 Å². The number of hydrogen-bond donors (Lipinski definition) is 1. The molecule has 0 radical (unpaired) electrons. The minimum Gasteiger partial charge on any atom is -0.364 e. The summed E-state index contributed by atoms with van der Waals surface area (Å²) in [5.74, 6) is -0.575. The van der Waals surface area contributed by atoms with E-state index in [9.17, 15) is 9.59 Å². The Morgan fingerprint density at radius 1 is 1.64 bits per heavy atom. The highest BCUT2D eigenvalue weighted by molar-refractivity contribution is 5.91. The molecule has 0 aliphatic carbocycles. The third-order valence-corrected chi connectivity index (χ3v) is 3.65. The first-order valence-electron chi connectivity index (χ1n) is 6.90. The van der Waals surface area contributed by atoms with E-state index in [0.29, 0.717) is 13.1 Å². The SMILES string of the molecule is C=CCON1C(=O)N2CC(n3nc(C(N)=O)cc3C)=CC1C2. The van der Waals surface area contributed by atoms with E-state index in [1.54, 1.807) is 21.7 Å². The summed E-state index contributed by atoms with van der Waals surface area (Å²) in [6.45, 7) is 6.66. The second kappa shape index (κ2) is 5.30. The number of carbonyl (C=O) groups excluding carboxylic acids is 2. The molecular formula is C14H17N5O3. The summed E-state index contributed by atoms with van der Waals surface area (Å²) in [5.41, 5.74) is 7.07. The van der Waals surface area contributed by atoms with Gasteiger partial charge in [-0.05, 0) is 19.1 Å². The molecule has 1 saturated heterocycles. The van der Waals surface area contributed by atoms with E-state index in [-0.39, 0.29) is 24.4 Å². The van der Waals surface area contributed by atoms with Gasteiger partial charge in [-0.1, -0.05) is 6.08 Å².